The monoisotopic (exact) mass is 344 g/mol. The number of rotatable bonds is 3. The number of amides is 2. The Hall–Kier alpha value is -0.310. The van der Waals surface area contributed by atoms with Crippen LogP contribution >= 0.6 is 31.9 Å². The largest absolute Gasteiger partial charge is 0.397 e. The molecular formula is C7H8Br2NO5+. The maximum absolute atomic E-state index is 11.2. The predicted octanol–water partition coefficient (Wildman–Crippen LogP) is 0.656. The van der Waals surface area contributed by atoms with Crippen molar-refractivity contribution in [2.45, 2.75) is 17.7 Å². The van der Waals surface area contributed by atoms with Crippen LogP contribution in [0.3, 0.4) is 0 Å². The van der Waals surface area contributed by atoms with E-state index in [-0.39, 0.29) is 18.2 Å². The van der Waals surface area contributed by atoms with Crippen LogP contribution < -0.4 is 0 Å². The normalized spacial score (nSPS) is 21.5. The van der Waals surface area contributed by atoms with Gasteiger partial charge < -0.3 is 0 Å². The zero-order chi connectivity index (χ0) is 11.6. The lowest BCUT2D eigenvalue weighted by Crippen LogP contribution is -2.51. The van der Waals surface area contributed by atoms with Crippen LogP contribution in [0, 0.1) is 0 Å². The molecule has 1 unspecified atom stereocenters. The molecule has 1 aliphatic heterocycles. The van der Waals surface area contributed by atoms with Crippen LogP contribution in [0.2, 0.25) is 0 Å². The molecule has 15 heavy (non-hydrogen) atoms. The second-order valence-electron chi connectivity index (χ2n) is 2.90. The van der Waals surface area contributed by atoms with Crippen molar-refractivity contribution >= 4 is 49.6 Å². The Morgan fingerprint density at radius 1 is 1.47 bits per heavy atom. The van der Waals surface area contributed by atoms with Crippen LogP contribution in [0.4, 0.5) is 0 Å². The Labute approximate surface area is 102 Å². The average Bonchev–Trinajstić information content (AvgIpc) is 2.45. The van der Waals surface area contributed by atoms with Gasteiger partial charge in [-0.3, -0.25) is 0 Å². The second-order valence-corrected chi connectivity index (χ2v) is 4.65. The molecule has 1 fully saturated rings. The maximum Gasteiger partial charge on any atom is 0.397 e. The fraction of sp³-hybridized carbons (Fsp3) is 0.571. The van der Waals surface area contributed by atoms with Crippen LogP contribution in [-0.2, 0) is 19.2 Å². The van der Waals surface area contributed by atoms with E-state index < -0.39 is 27.4 Å². The molecule has 1 heterocycles. The topological polar surface area (TPSA) is 80.7 Å². The lowest BCUT2D eigenvalue weighted by Gasteiger charge is -2.16. The molecular weight excluding hydrogens is 338 g/mol. The SMILES string of the molecule is O=C(O[N+]1(O)C(=O)CCC1=O)C(Br)CBr. The van der Waals surface area contributed by atoms with E-state index in [0.717, 1.165) is 0 Å². The van der Waals surface area contributed by atoms with E-state index in [0.29, 0.717) is 0 Å². The molecule has 0 spiro atoms. The number of hydroxylamine groups is 4. The zero-order valence-corrected chi connectivity index (χ0v) is 10.7. The molecule has 0 aromatic carbocycles. The molecule has 1 saturated heterocycles. The third kappa shape index (κ3) is 2.44. The summed E-state index contributed by atoms with van der Waals surface area (Å²) in [5, 5.41) is 9.75. The Bertz CT molecular complexity index is 303. The minimum atomic E-state index is -1.87. The van der Waals surface area contributed by atoms with Gasteiger partial charge in [0.05, 0.1) is 12.8 Å². The number of alkyl halides is 2. The zero-order valence-electron chi connectivity index (χ0n) is 7.48. The first-order valence-corrected chi connectivity index (χ1v) is 6.07. The molecule has 6 nitrogen and oxygen atoms in total. The van der Waals surface area contributed by atoms with Crippen molar-refractivity contribution in [2.24, 2.45) is 0 Å². The minimum absolute atomic E-state index is 0.121. The van der Waals surface area contributed by atoms with Crippen LogP contribution in [-0.4, -0.2) is 38.0 Å². The second kappa shape index (κ2) is 4.69. The molecule has 8 heteroatoms. The van der Waals surface area contributed by atoms with Gasteiger partial charge in [-0.1, -0.05) is 31.9 Å². The van der Waals surface area contributed by atoms with Gasteiger partial charge in [0.15, 0.2) is 0 Å². The molecule has 0 bridgehead atoms. The van der Waals surface area contributed by atoms with E-state index in [9.17, 15) is 19.6 Å². The van der Waals surface area contributed by atoms with Crippen molar-refractivity contribution in [3.63, 3.8) is 0 Å². The smallest absolute Gasteiger partial charge is 0.244 e. The third-order valence-corrected chi connectivity index (χ3v) is 4.06. The molecule has 1 atom stereocenters. The van der Waals surface area contributed by atoms with E-state index >= 15 is 0 Å². The van der Waals surface area contributed by atoms with E-state index in [1.165, 1.54) is 0 Å². The lowest BCUT2D eigenvalue weighted by molar-refractivity contribution is -1.12. The number of hydrogen-bond donors (Lipinski definition) is 1. The molecule has 0 radical (unpaired) electrons. The fourth-order valence-corrected chi connectivity index (χ4v) is 1.36. The molecule has 0 aromatic rings. The first kappa shape index (κ1) is 12.8. The van der Waals surface area contributed by atoms with Crippen LogP contribution in [0.15, 0.2) is 0 Å². The van der Waals surface area contributed by atoms with Crippen LogP contribution in [0.25, 0.3) is 0 Å². The standard InChI is InChI=1S/C7H8Br2NO5/c8-3-4(9)7(13)15-10(14)5(11)1-2-6(10)12/h4,14H,1-3H2/q+1. The van der Waals surface area contributed by atoms with Gasteiger partial charge in [0.1, 0.15) is 9.64 Å². The molecule has 1 rings (SSSR count). The van der Waals surface area contributed by atoms with Gasteiger partial charge in [0, 0.05) is 5.33 Å². The van der Waals surface area contributed by atoms with Crippen molar-refractivity contribution in [1.82, 2.24) is 0 Å². The molecule has 84 valence electrons. The van der Waals surface area contributed by atoms with Crippen molar-refractivity contribution < 1.29 is 29.2 Å². The van der Waals surface area contributed by atoms with Crippen molar-refractivity contribution in [3.8, 4) is 0 Å². The summed E-state index contributed by atoms with van der Waals surface area (Å²) in [4.78, 5) is 35.4. The summed E-state index contributed by atoms with van der Waals surface area (Å²) in [6.07, 6.45) is -0.242. The van der Waals surface area contributed by atoms with Crippen LogP contribution in [0.5, 0.6) is 0 Å². The van der Waals surface area contributed by atoms with E-state index in [2.05, 4.69) is 36.7 Å². The summed E-state index contributed by atoms with van der Waals surface area (Å²) >= 11 is 5.95. The highest BCUT2D eigenvalue weighted by atomic mass is 79.9. The molecule has 1 aliphatic rings. The molecule has 1 N–H and O–H groups in total. The Morgan fingerprint density at radius 3 is 2.33 bits per heavy atom. The average molecular weight is 346 g/mol. The Kier molecular flexibility index (Phi) is 3.99. The third-order valence-electron chi connectivity index (χ3n) is 1.84. The number of carbonyl (C=O) groups excluding carboxylic acids is 3. The number of imide groups is 1. The fourth-order valence-electron chi connectivity index (χ4n) is 1.01. The number of quaternary nitrogens is 1. The van der Waals surface area contributed by atoms with Gasteiger partial charge in [0.2, 0.25) is 0 Å². The van der Waals surface area contributed by atoms with E-state index in [1.54, 1.807) is 0 Å². The summed E-state index contributed by atoms with van der Waals surface area (Å²) in [5.74, 6) is -2.54. The molecule has 0 saturated carbocycles. The number of carbonyl (C=O) groups is 3. The van der Waals surface area contributed by atoms with Gasteiger partial charge in [0.25, 0.3) is 0 Å². The number of hydrogen-bond acceptors (Lipinski definition) is 5. The minimum Gasteiger partial charge on any atom is -0.244 e. The van der Waals surface area contributed by atoms with E-state index in [1.807, 2.05) is 0 Å². The van der Waals surface area contributed by atoms with Gasteiger partial charge in [-0.05, 0) is 0 Å². The summed E-state index contributed by atoms with van der Waals surface area (Å²) < 4.78 is 0. The van der Waals surface area contributed by atoms with Crippen molar-refractivity contribution in [3.05, 3.63) is 0 Å². The quantitative estimate of drug-likeness (QED) is 0.351. The highest BCUT2D eigenvalue weighted by Gasteiger charge is 2.55. The van der Waals surface area contributed by atoms with Crippen molar-refractivity contribution in [2.75, 3.05) is 5.33 Å². The summed E-state index contributed by atoms with van der Waals surface area (Å²) in [5.41, 5.74) is 0. The number of halogens is 2. The van der Waals surface area contributed by atoms with Gasteiger partial charge in [-0.2, -0.15) is 5.21 Å². The molecule has 0 aromatic heterocycles. The lowest BCUT2D eigenvalue weighted by atomic mass is 10.4. The molecule has 0 aliphatic carbocycles. The molecule has 2 amide bonds. The highest BCUT2D eigenvalue weighted by molar-refractivity contribution is 9.12. The predicted molar refractivity (Wildman–Crippen MR) is 53.9 cm³/mol. The summed E-state index contributed by atoms with van der Waals surface area (Å²) in [6, 6.07) is 0. The number of nitrogens with zero attached hydrogens (tertiary/aromatic N) is 1. The maximum atomic E-state index is 11.2. The van der Waals surface area contributed by atoms with Crippen LogP contribution in [0.1, 0.15) is 12.8 Å². The van der Waals surface area contributed by atoms with Gasteiger partial charge in [-0.25, -0.2) is 19.2 Å². The van der Waals surface area contributed by atoms with Gasteiger partial charge in [-0.15, -0.1) is 0 Å². The summed E-state index contributed by atoms with van der Waals surface area (Å²) in [7, 11) is 0. The highest BCUT2D eigenvalue weighted by Crippen LogP contribution is 2.22. The van der Waals surface area contributed by atoms with Gasteiger partial charge >= 0.3 is 17.8 Å². The Balaban J connectivity index is 2.75. The van der Waals surface area contributed by atoms with E-state index in [4.69, 9.17) is 0 Å². The summed E-state index contributed by atoms with van der Waals surface area (Å²) in [6.45, 7) is 0. The van der Waals surface area contributed by atoms with Crippen molar-refractivity contribution in [1.29, 1.82) is 0 Å². The first-order valence-electron chi connectivity index (χ1n) is 4.04. The Morgan fingerprint density at radius 2 is 1.93 bits per heavy atom. The first-order chi connectivity index (χ1) is 6.91.